The first-order valence-electron chi connectivity index (χ1n) is 3.53. The Morgan fingerprint density at radius 1 is 1.73 bits per heavy atom. The number of Topliss-reactive ketones (excluding diaryl/α,β-unsaturated/α-hetero) is 1. The quantitative estimate of drug-likeness (QED) is 0.600. The van der Waals surface area contributed by atoms with E-state index < -0.39 is 23.5 Å². The summed E-state index contributed by atoms with van der Waals surface area (Å²) in [7, 11) is 0. The van der Waals surface area contributed by atoms with Crippen molar-refractivity contribution in [3.63, 3.8) is 0 Å². The lowest BCUT2D eigenvalue weighted by molar-refractivity contribution is -0.147. The Bertz CT molecular complexity index is 248. The molecule has 0 spiro atoms. The van der Waals surface area contributed by atoms with Crippen LogP contribution in [0.2, 0.25) is 0 Å². The molecular weight excluding hydrogens is 151 g/mol. The average molecular weight is 158 g/mol. The zero-order chi connectivity index (χ0) is 8.22. The summed E-state index contributed by atoms with van der Waals surface area (Å²) in [6.45, 7) is 0. The number of ketones is 1. The van der Waals surface area contributed by atoms with Crippen molar-refractivity contribution in [2.24, 2.45) is 11.8 Å². The summed E-state index contributed by atoms with van der Waals surface area (Å²) in [4.78, 5) is 21.1. The van der Waals surface area contributed by atoms with Crippen LogP contribution in [0.4, 0.5) is 4.39 Å². The van der Waals surface area contributed by atoms with Crippen LogP contribution in [0.15, 0.2) is 0 Å². The molecule has 11 heavy (non-hydrogen) atoms. The highest BCUT2D eigenvalue weighted by Crippen LogP contribution is 2.61. The molecule has 0 aromatic rings. The second kappa shape index (κ2) is 1.62. The number of fused-ring (bicyclic) bond motifs is 1. The highest BCUT2D eigenvalue weighted by atomic mass is 19.1. The van der Waals surface area contributed by atoms with Crippen LogP contribution < -0.4 is 0 Å². The third-order valence-electron chi connectivity index (χ3n) is 2.66. The first-order valence-corrected chi connectivity index (χ1v) is 3.53. The van der Waals surface area contributed by atoms with Crippen molar-refractivity contribution in [3.05, 3.63) is 0 Å². The van der Waals surface area contributed by atoms with Crippen LogP contribution in [0.3, 0.4) is 0 Å². The minimum atomic E-state index is -2.20. The van der Waals surface area contributed by atoms with E-state index in [0.29, 0.717) is 12.8 Å². The van der Waals surface area contributed by atoms with Gasteiger partial charge in [0.25, 0.3) is 0 Å². The summed E-state index contributed by atoms with van der Waals surface area (Å²) in [5, 5.41) is 8.41. The topological polar surface area (TPSA) is 54.4 Å². The van der Waals surface area contributed by atoms with Gasteiger partial charge in [-0.25, -0.2) is 9.18 Å². The Kier molecular flexibility index (Phi) is 0.998. The van der Waals surface area contributed by atoms with Crippen molar-refractivity contribution < 1.29 is 19.1 Å². The van der Waals surface area contributed by atoms with Crippen molar-refractivity contribution in [3.8, 4) is 0 Å². The average Bonchev–Trinajstić information content (AvgIpc) is 2.30. The van der Waals surface area contributed by atoms with Gasteiger partial charge >= 0.3 is 5.97 Å². The van der Waals surface area contributed by atoms with Gasteiger partial charge in [-0.05, 0) is 6.42 Å². The van der Waals surface area contributed by atoms with E-state index in [1.54, 1.807) is 0 Å². The second-order valence-corrected chi connectivity index (χ2v) is 3.16. The highest BCUT2D eigenvalue weighted by molar-refractivity contribution is 5.99. The number of alkyl halides is 1. The van der Waals surface area contributed by atoms with E-state index in [2.05, 4.69) is 0 Å². The highest BCUT2D eigenvalue weighted by Gasteiger charge is 2.76. The lowest BCUT2D eigenvalue weighted by Gasteiger charge is -2.02. The lowest BCUT2D eigenvalue weighted by atomic mass is 10.1. The number of hydrogen-bond acceptors (Lipinski definition) is 2. The van der Waals surface area contributed by atoms with Gasteiger partial charge in [-0.2, -0.15) is 0 Å². The zero-order valence-electron chi connectivity index (χ0n) is 5.71. The van der Waals surface area contributed by atoms with Crippen molar-refractivity contribution >= 4 is 11.8 Å². The Morgan fingerprint density at radius 3 is 2.64 bits per heavy atom. The molecule has 0 aromatic carbocycles. The molecule has 60 valence electrons. The lowest BCUT2D eigenvalue weighted by Crippen LogP contribution is -2.25. The van der Waals surface area contributed by atoms with Crippen LogP contribution in [0.1, 0.15) is 12.8 Å². The standard InChI is InChI=1S/C7H7FO3/c8-7(6(10)11)3-1-2-4(9)5(3)7/h3,5H,1-2H2,(H,10,11)/t3-,5-,7+/m1/s1. The maximum atomic E-state index is 13.2. The summed E-state index contributed by atoms with van der Waals surface area (Å²) in [6, 6.07) is 0. The van der Waals surface area contributed by atoms with E-state index in [1.807, 2.05) is 0 Å². The maximum Gasteiger partial charge on any atom is 0.342 e. The molecule has 1 N–H and O–H groups in total. The van der Waals surface area contributed by atoms with Crippen molar-refractivity contribution in [1.29, 1.82) is 0 Å². The van der Waals surface area contributed by atoms with Gasteiger partial charge in [0.1, 0.15) is 5.78 Å². The Labute approximate surface area is 62.2 Å². The molecule has 2 rings (SSSR count). The smallest absolute Gasteiger partial charge is 0.342 e. The van der Waals surface area contributed by atoms with E-state index in [0.717, 1.165) is 0 Å². The predicted molar refractivity (Wildman–Crippen MR) is 32.7 cm³/mol. The van der Waals surface area contributed by atoms with Gasteiger partial charge in [0.2, 0.25) is 5.67 Å². The largest absolute Gasteiger partial charge is 0.479 e. The Morgan fingerprint density at radius 2 is 2.36 bits per heavy atom. The molecule has 0 radical (unpaired) electrons. The molecule has 4 heteroatoms. The fraction of sp³-hybridized carbons (Fsp3) is 0.714. The molecule has 3 nitrogen and oxygen atoms in total. The van der Waals surface area contributed by atoms with E-state index in [9.17, 15) is 14.0 Å². The maximum absolute atomic E-state index is 13.2. The van der Waals surface area contributed by atoms with Crippen LogP contribution in [-0.4, -0.2) is 22.5 Å². The van der Waals surface area contributed by atoms with Gasteiger partial charge in [-0.15, -0.1) is 0 Å². The molecule has 0 bridgehead atoms. The number of aliphatic carboxylic acids is 1. The van der Waals surface area contributed by atoms with Crippen molar-refractivity contribution in [2.75, 3.05) is 0 Å². The number of carbonyl (C=O) groups is 2. The Hall–Kier alpha value is -0.930. The molecule has 2 saturated carbocycles. The molecule has 2 fully saturated rings. The Balaban J connectivity index is 2.25. The molecule has 0 saturated heterocycles. The van der Waals surface area contributed by atoms with Gasteiger partial charge in [0, 0.05) is 12.3 Å². The third kappa shape index (κ3) is 0.575. The predicted octanol–water partition coefficient (Wildman–Crippen LogP) is 0.388. The molecular formula is C7H7FO3. The number of rotatable bonds is 1. The summed E-state index contributed by atoms with van der Waals surface area (Å²) >= 11 is 0. The molecule has 2 aliphatic carbocycles. The molecule has 0 unspecified atom stereocenters. The molecule has 0 aromatic heterocycles. The summed E-state index contributed by atoms with van der Waals surface area (Å²) in [6.07, 6.45) is 0.764. The van der Waals surface area contributed by atoms with Crippen LogP contribution >= 0.6 is 0 Å². The molecule has 3 atom stereocenters. The normalized spacial score (nSPS) is 47.2. The third-order valence-corrected chi connectivity index (χ3v) is 2.66. The molecule has 0 aliphatic heterocycles. The van der Waals surface area contributed by atoms with Crippen LogP contribution in [-0.2, 0) is 9.59 Å². The number of hydrogen-bond donors (Lipinski definition) is 1. The molecule has 0 amide bonds. The van der Waals surface area contributed by atoms with Gasteiger partial charge in [0.05, 0.1) is 5.92 Å². The van der Waals surface area contributed by atoms with E-state index in [1.165, 1.54) is 0 Å². The van der Waals surface area contributed by atoms with Crippen LogP contribution in [0, 0.1) is 11.8 Å². The number of carboxylic acids is 1. The van der Waals surface area contributed by atoms with Crippen molar-refractivity contribution in [1.82, 2.24) is 0 Å². The number of carbonyl (C=O) groups excluding carboxylic acids is 1. The van der Waals surface area contributed by atoms with Gasteiger partial charge in [-0.3, -0.25) is 4.79 Å². The van der Waals surface area contributed by atoms with Crippen molar-refractivity contribution in [2.45, 2.75) is 18.5 Å². The van der Waals surface area contributed by atoms with E-state index in [4.69, 9.17) is 5.11 Å². The van der Waals surface area contributed by atoms with Gasteiger partial charge in [0.15, 0.2) is 0 Å². The van der Waals surface area contributed by atoms with E-state index in [-0.39, 0.29) is 5.78 Å². The zero-order valence-corrected chi connectivity index (χ0v) is 5.71. The second-order valence-electron chi connectivity index (χ2n) is 3.16. The fourth-order valence-electron chi connectivity index (χ4n) is 2.01. The first-order chi connectivity index (χ1) is 5.08. The van der Waals surface area contributed by atoms with E-state index >= 15 is 0 Å². The first kappa shape index (κ1) is 6.76. The fourth-order valence-corrected chi connectivity index (χ4v) is 2.01. The minimum Gasteiger partial charge on any atom is -0.479 e. The van der Waals surface area contributed by atoms with Crippen LogP contribution in [0.25, 0.3) is 0 Å². The van der Waals surface area contributed by atoms with Gasteiger partial charge in [-0.1, -0.05) is 0 Å². The molecule has 2 aliphatic rings. The number of halogens is 1. The molecule has 0 heterocycles. The SMILES string of the molecule is O=C1CC[C@@H]2[C@H]1[C@]2(F)C(=O)O. The van der Waals surface area contributed by atoms with Gasteiger partial charge < -0.3 is 5.11 Å². The summed E-state index contributed by atoms with van der Waals surface area (Å²) < 4.78 is 13.2. The monoisotopic (exact) mass is 158 g/mol. The summed E-state index contributed by atoms with van der Waals surface area (Å²) in [5.74, 6) is -3.03. The number of carboxylic acid groups (broad SMARTS) is 1. The summed E-state index contributed by atoms with van der Waals surface area (Å²) in [5.41, 5.74) is -2.20. The minimum absolute atomic E-state index is 0.222. The van der Waals surface area contributed by atoms with Crippen LogP contribution in [0.5, 0.6) is 0 Å².